The molecule has 0 bridgehead atoms. The summed E-state index contributed by atoms with van der Waals surface area (Å²) in [6.45, 7) is 3.22. The summed E-state index contributed by atoms with van der Waals surface area (Å²) in [5, 5.41) is 3.11. The normalized spacial score (nSPS) is 12.1. The van der Waals surface area contributed by atoms with Crippen LogP contribution in [-0.2, 0) is 19.6 Å². The van der Waals surface area contributed by atoms with Crippen molar-refractivity contribution >= 4 is 44.9 Å². The van der Waals surface area contributed by atoms with Gasteiger partial charge in [0.05, 0.1) is 17.5 Å². The second kappa shape index (κ2) is 8.41. The lowest BCUT2D eigenvalue weighted by Gasteiger charge is -2.16. The highest BCUT2D eigenvalue weighted by molar-refractivity contribution is 7.92. The summed E-state index contributed by atoms with van der Waals surface area (Å²) in [6.07, 6.45) is -0.138. The Morgan fingerprint density at radius 3 is 2.44 bits per heavy atom. The van der Waals surface area contributed by atoms with E-state index in [0.717, 1.165) is 11.8 Å². The maximum absolute atomic E-state index is 12.4. The third-order valence-electron chi connectivity index (χ3n) is 3.55. The number of rotatable bonds is 6. The lowest BCUT2D eigenvalue weighted by atomic mass is 10.2. The molecule has 2 aromatic rings. The van der Waals surface area contributed by atoms with Gasteiger partial charge in [-0.25, -0.2) is 13.2 Å². The van der Waals surface area contributed by atoms with Gasteiger partial charge in [-0.3, -0.25) is 9.52 Å². The van der Waals surface area contributed by atoms with Crippen LogP contribution in [0.1, 0.15) is 22.8 Å². The van der Waals surface area contributed by atoms with Crippen LogP contribution in [0.25, 0.3) is 0 Å². The van der Waals surface area contributed by atoms with Crippen LogP contribution in [0.2, 0.25) is 5.02 Å². The predicted octanol–water partition coefficient (Wildman–Crippen LogP) is 3.20. The van der Waals surface area contributed by atoms with Crippen LogP contribution in [0.5, 0.6) is 0 Å². The van der Waals surface area contributed by atoms with Gasteiger partial charge in [0, 0.05) is 10.7 Å². The number of halogens is 1. The zero-order valence-corrected chi connectivity index (χ0v) is 16.5. The highest BCUT2D eigenvalue weighted by Gasteiger charge is 2.22. The third-order valence-corrected chi connectivity index (χ3v) is 4.38. The zero-order valence-electron chi connectivity index (χ0n) is 14.9. The van der Waals surface area contributed by atoms with Crippen molar-refractivity contribution in [3.63, 3.8) is 0 Å². The van der Waals surface area contributed by atoms with Crippen molar-refractivity contribution in [1.82, 2.24) is 0 Å². The van der Waals surface area contributed by atoms with E-state index < -0.39 is 28.0 Å². The van der Waals surface area contributed by atoms with Crippen molar-refractivity contribution in [2.24, 2.45) is 0 Å². The van der Waals surface area contributed by atoms with Crippen molar-refractivity contribution < 1.29 is 22.7 Å². The maximum atomic E-state index is 12.4. The Bertz CT molecular complexity index is 975. The number of aryl methyl sites for hydroxylation is 1. The minimum Gasteiger partial charge on any atom is -0.449 e. The van der Waals surface area contributed by atoms with Gasteiger partial charge in [0.2, 0.25) is 10.0 Å². The number of ether oxygens (including phenoxy) is 1. The highest BCUT2D eigenvalue weighted by Crippen LogP contribution is 2.21. The smallest absolute Gasteiger partial charge is 0.341 e. The van der Waals surface area contributed by atoms with Gasteiger partial charge in [-0.05, 0) is 43.7 Å². The molecule has 27 heavy (non-hydrogen) atoms. The van der Waals surface area contributed by atoms with Gasteiger partial charge in [0.1, 0.15) is 0 Å². The molecule has 0 aromatic heterocycles. The summed E-state index contributed by atoms with van der Waals surface area (Å²) in [7, 11) is -3.58. The van der Waals surface area contributed by atoms with E-state index in [1.54, 1.807) is 37.3 Å². The minimum absolute atomic E-state index is 0.00140. The Labute approximate surface area is 162 Å². The third kappa shape index (κ3) is 5.97. The van der Waals surface area contributed by atoms with E-state index in [9.17, 15) is 18.0 Å². The van der Waals surface area contributed by atoms with E-state index in [-0.39, 0.29) is 11.3 Å². The number of nitrogens with one attached hydrogen (secondary N) is 2. The number of hydrogen-bond donors (Lipinski definition) is 2. The summed E-state index contributed by atoms with van der Waals surface area (Å²) in [5.74, 6) is -1.37. The summed E-state index contributed by atoms with van der Waals surface area (Å²) in [4.78, 5) is 24.7. The molecule has 1 atom stereocenters. The summed E-state index contributed by atoms with van der Waals surface area (Å²) >= 11 is 5.92. The lowest BCUT2D eigenvalue weighted by Crippen LogP contribution is -2.30. The molecular weight excluding hydrogens is 392 g/mol. The van der Waals surface area contributed by atoms with E-state index in [1.807, 2.05) is 0 Å². The lowest BCUT2D eigenvalue weighted by molar-refractivity contribution is -0.123. The van der Waals surface area contributed by atoms with Crippen LogP contribution >= 0.6 is 11.6 Å². The first-order valence-electron chi connectivity index (χ1n) is 7.91. The van der Waals surface area contributed by atoms with Crippen molar-refractivity contribution in [1.29, 1.82) is 0 Å². The van der Waals surface area contributed by atoms with Gasteiger partial charge in [0.15, 0.2) is 6.10 Å². The maximum Gasteiger partial charge on any atom is 0.341 e. The van der Waals surface area contributed by atoms with Crippen LogP contribution in [0.15, 0.2) is 42.5 Å². The van der Waals surface area contributed by atoms with Gasteiger partial charge < -0.3 is 10.1 Å². The van der Waals surface area contributed by atoms with Gasteiger partial charge in [-0.2, -0.15) is 0 Å². The van der Waals surface area contributed by atoms with Crippen molar-refractivity contribution in [3.05, 3.63) is 58.6 Å². The first-order chi connectivity index (χ1) is 12.6. The molecule has 0 aliphatic rings. The van der Waals surface area contributed by atoms with Crippen molar-refractivity contribution in [2.75, 3.05) is 16.3 Å². The number of sulfonamides is 1. The molecule has 0 aliphatic carbocycles. The molecule has 2 N–H and O–H groups in total. The second-order valence-corrected chi connectivity index (χ2v) is 8.10. The van der Waals surface area contributed by atoms with E-state index in [2.05, 4.69) is 10.0 Å². The monoisotopic (exact) mass is 410 g/mol. The topological polar surface area (TPSA) is 102 Å². The van der Waals surface area contributed by atoms with E-state index in [4.69, 9.17) is 16.3 Å². The van der Waals surface area contributed by atoms with E-state index in [1.165, 1.54) is 19.1 Å². The molecule has 0 radical (unpaired) electrons. The zero-order chi connectivity index (χ0) is 20.2. The SMILES string of the molecule is Cc1ccc(Cl)cc1NC(=O)C(C)OC(=O)c1ccccc1NS(C)(=O)=O. The first-order valence-corrected chi connectivity index (χ1v) is 10.2. The number of esters is 1. The van der Waals surface area contributed by atoms with Crippen LogP contribution in [0, 0.1) is 6.92 Å². The van der Waals surface area contributed by atoms with Crippen molar-refractivity contribution in [3.8, 4) is 0 Å². The van der Waals surface area contributed by atoms with Crippen LogP contribution in [0.4, 0.5) is 11.4 Å². The van der Waals surface area contributed by atoms with Gasteiger partial charge in [0.25, 0.3) is 5.91 Å². The summed E-state index contributed by atoms with van der Waals surface area (Å²) in [6, 6.07) is 11.0. The Morgan fingerprint density at radius 2 is 1.78 bits per heavy atom. The van der Waals surface area contributed by atoms with Crippen molar-refractivity contribution in [2.45, 2.75) is 20.0 Å². The van der Waals surface area contributed by atoms with Crippen LogP contribution in [-0.4, -0.2) is 32.7 Å². The molecule has 1 unspecified atom stereocenters. The average molecular weight is 411 g/mol. The number of carbonyl (C=O) groups is 2. The predicted molar refractivity (Wildman–Crippen MR) is 105 cm³/mol. The average Bonchev–Trinajstić information content (AvgIpc) is 2.57. The number of para-hydroxylation sites is 1. The molecule has 0 heterocycles. The van der Waals surface area contributed by atoms with Gasteiger partial charge in [-0.15, -0.1) is 0 Å². The molecular formula is C18H19ClN2O5S. The second-order valence-electron chi connectivity index (χ2n) is 5.92. The fourth-order valence-electron chi connectivity index (χ4n) is 2.19. The highest BCUT2D eigenvalue weighted by atomic mass is 35.5. The quantitative estimate of drug-likeness (QED) is 0.712. The number of carbonyl (C=O) groups excluding carboxylic acids is 2. The summed E-state index contributed by atoms with van der Waals surface area (Å²) < 4.78 is 30.3. The molecule has 2 rings (SSSR count). The number of anilines is 2. The Kier molecular flexibility index (Phi) is 6.45. The number of hydrogen-bond acceptors (Lipinski definition) is 5. The van der Waals surface area contributed by atoms with Crippen LogP contribution in [0.3, 0.4) is 0 Å². The fraction of sp³-hybridized carbons (Fsp3) is 0.222. The summed E-state index contributed by atoms with van der Waals surface area (Å²) in [5.41, 5.74) is 1.38. The molecule has 0 aliphatic heterocycles. The Morgan fingerprint density at radius 1 is 1.11 bits per heavy atom. The van der Waals surface area contributed by atoms with Gasteiger partial charge >= 0.3 is 5.97 Å². The molecule has 144 valence electrons. The molecule has 0 fully saturated rings. The standard InChI is InChI=1S/C18H19ClN2O5S/c1-11-8-9-13(19)10-16(11)20-17(22)12(2)26-18(23)14-6-4-5-7-15(14)21-27(3,24)25/h4-10,12,21H,1-3H3,(H,20,22). The molecule has 0 saturated heterocycles. The largest absolute Gasteiger partial charge is 0.449 e. The Hall–Kier alpha value is -2.58. The first kappa shape index (κ1) is 20.7. The van der Waals surface area contributed by atoms with Gasteiger partial charge in [-0.1, -0.05) is 29.8 Å². The van der Waals surface area contributed by atoms with Crippen LogP contribution < -0.4 is 10.0 Å². The fourth-order valence-corrected chi connectivity index (χ4v) is 2.94. The Balaban J connectivity index is 2.11. The molecule has 2 aromatic carbocycles. The number of amides is 1. The molecule has 0 spiro atoms. The minimum atomic E-state index is -3.58. The number of benzene rings is 2. The van der Waals surface area contributed by atoms with E-state index in [0.29, 0.717) is 10.7 Å². The van der Waals surface area contributed by atoms with E-state index >= 15 is 0 Å². The molecule has 9 heteroatoms. The molecule has 0 saturated carbocycles. The molecule has 7 nitrogen and oxygen atoms in total. The molecule has 1 amide bonds.